The van der Waals surface area contributed by atoms with E-state index < -0.39 is 0 Å². The molecule has 1 aromatic carbocycles. The molecule has 0 aliphatic heterocycles. The topological polar surface area (TPSA) is 60.7 Å². The fraction of sp³-hybridized carbons (Fsp3) is 0.500. The molecule has 110 valence electrons. The SMILES string of the molecule is COCCOCCOCCOc1cc(Cl)ccc1C#N. The van der Waals surface area contributed by atoms with Crippen molar-refractivity contribution in [2.24, 2.45) is 0 Å². The van der Waals surface area contributed by atoms with E-state index in [4.69, 9.17) is 35.8 Å². The van der Waals surface area contributed by atoms with Crippen LogP contribution in [0.25, 0.3) is 0 Å². The van der Waals surface area contributed by atoms with Crippen molar-refractivity contribution in [1.82, 2.24) is 0 Å². The van der Waals surface area contributed by atoms with E-state index in [0.29, 0.717) is 56.0 Å². The Morgan fingerprint density at radius 2 is 1.70 bits per heavy atom. The zero-order valence-electron chi connectivity index (χ0n) is 11.4. The number of nitriles is 1. The van der Waals surface area contributed by atoms with Crippen molar-refractivity contribution in [3.63, 3.8) is 0 Å². The number of methoxy groups -OCH3 is 1. The molecule has 0 heterocycles. The van der Waals surface area contributed by atoms with Gasteiger partial charge in [-0.25, -0.2) is 0 Å². The predicted octanol–water partition coefficient (Wildman–Crippen LogP) is 2.27. The molecular weight excluding hydrogens is 282 g/mol. The minimum absolute atomic E-state index is 0.354. The van der Waals surface area contributed by atoms with Gasteiger partial charge in [0.15, 0.2) is 0 Å². The fourth-order valence-corrected chi connectivity index (χ4v) is 1.54. The summed E-state index contributed by atoms with van der Waals surface area (Å²) in [7, 11) is 1.63. The van der Waals surface area contributed by atoms with Gasteiger partial charge in [-0.1, -0.05) is 11.6 Å². The Balaban J connectivity index is 2.12. The number of nitrogens with zero attached hydrogens (tertiary/aromatic N) is 1. The van der Waals surface area contributed by atoms with Crippen LogP contribution in [0.5, 0.6) is 5.75 Å². The van der Waals surface area contributed by atoms with Crippen molar-refractivity contribution in [3.05, 3.63) is 28.8 Å². The highest BCUT2D eigenvalue weighted by Gasteiger charge is 2.03. The second-order valence-corrected chi connectivity index (χ2v) is 4.25. The molecule has 0 bridgehead atoms. The van der Waals surface area contributed by atoms with E-state index in [2.05, 4.69) is 0 Å². The Labute approximate surface area is 124 Å². The second-order valence-electron chi connectivity index (χ2n) is 3.82. The minimum atomic E-state index is 0.354. The number of rotatable bonds is 10. The van der Waals surface area contributed by atoms with Crippen LogP contribution < -0.4 is 4.74 Å². The molecule has 0 unspecified atom stereocenters. The molecule has 0 radical (unpaired) electrons. The number of hydrogen-bond acceptors (Lipinski definition) is 5. The van der Waals surface area contributed by atoms with Gasteiger partial charge in [0.25, 0.3) is 0 Å². The fourth-order valence-electron chi connectivity index (χ4n) is 1.38. The lowest BCUT2D eigenvalue weighted by Gasteiger charge is -2.09. The van der Waals surface area contributed by atoms with Crippen LogP contribution in [0.4, 0.5) is 0 Å². The van der Waals surface area contributed by atoms with Crippen LogP contribution in [-0.4, -0.2) is 46.8 Å². The van der Waals surface area contributed by atoms with Crippen LogP contribution in [0.2, 0.25) is 5.02 Å². The highest BCUT2D eigenvalue weighted by molar-refractivity contribution is 6.30. The third kappa shape index (κ3) is 6.73. The molecular formula is C14H18ClNO4. The molecule has 5 nitrogen and oxygen atoms in total. The van der Waals surface area contributed by atoms with Crippen molar-refractivity contribution >= 4 is 11.6 Å². The molecule has 0 spiro atoms. The van der Waals surface area contributed by atoms with Crippen LogP contribution in [0.15, 0.2) is 18.2 Å². The number of benzene rings is 1. The van der Waals surface area contributed by atoms with Crippen molar-refractivity contribution in [2.45, 2.75) is 0 Å². The van der Waals surface area contributed by atoms with E-state index in [-0.39, 0.29) is 0 Å². The summed E-state index contributed by atoms with van der Waals surface area (Å²) >= 11 is 5.85. The van der Waals surface area contributed by atoms with E-state index in [9.17, 15) is 0 Å². The molecule has 1 aromatic rings. The largest absolute Gasteiger partial charge is 0.490 e. The summed E-state index contributed by atoms with van der Waals surface area (Å²) in [6.45, 7) is 2.93. The quantitative estimate of drug-likeness (QED) is 0.620. The van der Waals surface area contributed by atoms with E-state index in [1.807, 2.05) is 6.07 Å². The van der Waals surface area contributed by atoms with Gasteiger partial charge >= 0.3 is 0 Å². The van der Waals surface area contributed by atoms with Crippen LogP contribution in [-0.2, 0) is 14.2 Å². The van der Waals surface area contributed by atoms with Crippen molar-refractivity contribution in [1.29, 1.82) is 5.26 Å². The van der Waals surface area contributed by atoms with Gasteiger partial charge in [-0.2, -0.15) is 5.26 Å². The van der Waals surface area contributed by atoms with Gasteiger partial charge in [0.2, 0.25) is 0 Å². The van der Waals surface area contributed by atoms with Gasteiger partial charge in [0.05, 0.1) is 38.6 Å². The molecule has 0 aliphatic rings. The minimum Gasteiger partial charge on any atom is -0.490 e. The average Bonchev–Trinajstić information content (AvgIpc) is 2.46. The molecule has 20 heavy (non-hydrogen) atoms. The van der Waals surface area contributed by atoms with Gasteiger partial charge < -0.3 is 18.9 Å². The first kappa shape index (κ1) is 16.7. The number of ether oxygens (including phenoxy) is 4. The molecule has 0 saturated carbocycles. The first-order valence-electron chi connectivity index (χ1n) is 6.25. The lowest BCUT2D eigenvalue weighted by atomic mass is 10.2. The summed E-state index contributed by atoms with van der Waals surface area (Å²) in [4.78, 5) is 0. The molecule has 1 rings (SSSR count). The summed E-state index contributed by atoms with van der Waals surface area (Å²) in [6.07, 6.45) is 0. The van der Waals surface area contributed by atoms with E-state index in [1.54, 1.807) is 25.3 Å². The molecule has 0 atom stereocenters. The summed E-state index contributed by atoms with van der Waals surface area (Å²) in [5.74, 6) is 0.472. The van der Waals surface area contributed by atoms with E-state index in [0.717, 1.165) is 0 Å². The third-order valence-electron chi connectivity index (χ3n) is 2.35. The molecule has 6 heteroatoms. The van der Waals surface area contributed by atoms with E-state index >= 15 is 0 Å². The summed E-state index contributed by atoms with van der Waals surface area (Å²) in [5.41, 5.74) is 0.456. The van der Waals surface area contributed by atoms with Gasteiger partial charge in [-0.3, -0.25) is 0 Å². The van der Waals surface area contributed by atoms with Crippen molar-refractivity contribution < 1.29 is 18.9 Å². The van der Waals surface area contributed by atoms with E-state index in [1.165, 1.54) is 0 Å². The first-order valence-corrected chi connectivity index (χ1v) is 6.62. The second kappa shape index (κ2) is 10.5. The molecule has 0 fully saturated rings. The highest BCUT2D eigenvalue weighted by atomic mass is 35.5. The van der Waals surface area contributed by atoms with Crippen LogP contribution in [0, 0.1) is 11.3 Å². The third-order valence-corrected chi connectivity index (χ3v) is 2.59. The van der Waals surface area contributed by atoms with Crippen LogP contribution in [0.3, 0.4) is 0 Å². The smallest absolute Gasteiger partial charge is 0.138 e. The summed E-state index contributed by atoms with van der Waals surface area (Å²) in [5, 5.41) is 9.46. The first-order chi connectivity index (χ1) is 9.77. The van der Waals surface area contributed by atoms with Gasteiger partial charge in [-0.05, 0) is 12.1 Å². The van der Waals surface area contributed by atoms with Gasteiger partial charge in [0.1, 0.15) is 18.4 Å². The molecule has 0 aliphatic carbocycles. The average molecular weight is 300 g/mol. The molecule has 0 amide bonds. The zero-order valence-corrected chi connectivity index (χ0v) is 12.2. The summed E-state index contributed by atoms with van der Waals surface area (Å²) in [6, 6.07) is 6.95. The van der Waals surface area contributed by atoms with Gasteiger partial charge in [0, 0.05) is 18.2 Å². The lowest BCUT2D eigenvalue weighted by molar-refractivity contribution is 0.0179. The van der Waals surface area contributed by atoms with Crippen LogP contribution >= 0.6 is 11.6 Å². The maximum absolute atomic E-state index is 8.92. The number of hydrogen-bond donors (Lipinski definition) is 0. The normalized spacial score (nSPS) is 10.2. The monoisotopic (exact) mass is 299 g/mol. The van der Waals surface area contributed by atoms with Crippen molar-refractivity contribution in [2.75, 3.05) is 46.8 Å². The lowest BCUT2D eigenvalue weighted by Crippen LogP contribution is -2.12. The Bertz CT molecular complexity index is 434. The Morgan fingerprint density at radius 3 is 2.35 bits per heavy atom. The Morgan fingerprint density at radius 1 is 1.05 bits per heavy atom. The summed E-state index contributed by atoms with van der Waals surface area (Å²) < 4.78 is 20.9. The molecule has 0 aromatic heterocycles. The Kier molecular flexibility index (Phi) is 8.76. The van der Waals surface area contributed by atoms with Crippen LogP contribution in [0.1, 0.15) is 5.56 Å². The zero-order chi connectivity index (χ0) is 14.6. The van der Waals surface area contributed by atoms with Crippen molar-refractivity contribution in [3.8, 4) is 11.8 Å². The molecule has 0 saturated heterocycles. The maximum Gasteiger partial charge on any atom is 0.138 e. The number of halogens is 1. The Hall–Kier alpha value is -1.32. The molecule has 0 N–H and O–H groups in total. The highest BCUT2D eigenvalue weighted by Crippen LogP contribution is 2.22. The standard InChI is InChI=1S/C14H18ClNO4/c1-17-4-5-18-6-7-19-8-9-20-14-10-13(15)3-2-12(14)11-16/h2-3,10H,4-9H2,1H3. The predicted molar refractivity (Wildman–Crippen MR) is 75.2 cm³/mol. The maximum atomic E-state index is 8.92. The van der Waals surface area contributed by atoms with Gasteiger partial charge in [-0.15, -0.1) is 0 Å².